The van der Waals surface area contributed by atoms with Crippen molar-refractivity contribution in [2.75, 3.05) is 27.2 Å². The molecule has 2 heterocycles. The van der Waals surface area contributed by atoms with Crippen molar-refractivity contribution >= 4 is 11.9 Å². The molecule has 38 heavy (non-hydrogen) atoms. The van der Waals surface area contributed by atoms with Crippen LogP contribution in [0.1, 0.15) is 42.1 Å². The van der Waals surface area contributed by atoms with Gasteiger partial charge in [0.15, 0.2) is 17.6 Å². The van der Waals surface area contributed by atoms with E-state index < -0.39 is 35.2 Å². The number of nitrogens with zero attached hydrogens (tertiary/aromatic N) is 1. The highest BCUT2D eigenvalue weighted by Crippen LogP contribution is 2.65. The molecule has 9 nitrogen and oxygen atoms in total. The molecule has 0 aromatic heterocycles. The zero-order valence-corrected chi connectivity index (χ0v) is 21.5. The van der Waals surface area contributed by atoms with E-state index >= 15 is 0 Å². The maximum atomic E-state index is 13.6. The van der Waals surface area contributed by atoms with Crippen LogP contribution in [0.2, 0.25) is 0 Å². The van der Waals surface area contributed by atoms with E-state index in [2.05, 4.69) is 4.90 Å². The van der Waals surface area contributed by atoms with Gasteiger partial charge in [0, 0.05) is 30.1 Å². The minimum Gasteiger partial charge on any atom is -0.493 e. The first-order chi connectivity index (χ1) is 18.3. The number of nitrogens with two attached hydrogens (primary N) is 1. The molecule has 200 valence electrons. The van der Waals surface area contributed by atoms with Gasteiger partial charge in [-0.05, 0) is 44.1 Å². The summed E-state index contributed by atoms with van der Waals surface area (Å²) in [5.41, 5.74) is 6.14. The second kappa shape index (κ2) is 9.11. The number of rotatable bonds is 7. The van der Waals surface area contributed by atoms with Crippen molar-refractivity contribution < 1.29 is 33.6 Å². The number of likely N-dealkylation sites (N-methyl/N-ethyl adjacent to an activating group) is 1. The molecule has 2 aliphatic heterocycles. The van der Waals surface area contributed by atoms with Gasteiger partial charge in [0.25, 0.3) is 0 Å². The molecular weight excluding hydrogens is 488 g/mol. The van der Waals surface area contributed by atoms with E-state index in [1.54, 1.807) is 37.5 Å². The number of hydrogen-bond donors (Lipinski definition) is 2. The van der Waals surface area contributed by atoms with Gasteiger partial charge in [-0.25, -0.2) is 4.79 Å². The Morgan fingerprint density at radius 3 is 2.76 bits per heavy atom. The lowest BCUT2D eigenvalue weighted by Gasteiger charge is -2.61. The van der Waals surface area contributed by atoms with Crippen LogP contribution in [0.5, 0.6) is 11.5 Å². The number of likely N-dealkylation sites (tertiary alicyclic amines) is 1. The van der Waals surface area contributed by atoms with E-state index in [0.717, 1.165) is 17.7 Å². The summed E-state index contributed by atoms with van der Waals surface area (Å²) in [6, 6.07) is 12.6. The maximum Gasteiger partial charge on any atom is 0.357 e. The molecule has 1 fully saturated rings. The maximum absolute atomic E-state index is 13.6. The Morgan fingerprint density at radius 2 is 2.03 bits per heavy atom. The molecule has 9 heteroatoms. The second-order valence-corrected chi connectivity index (χ2v) is 10.5. The fourth-order valence-electron chi connectivity index (χ4n) is 6.95. The third kappa shape index (κ3) is 3.42. The molecule has 4 aliphatic rings. The highest BCUT2D eigenvalue weighted by molar-refractivity contribution is 5.82. The lowest BCUT2D eigenvalue weighted by Crippen LogP contribution is -2.74. The van der Waals surface area contributed by atoms with Crippen molar-refractivity contribution in [2.45, 2.75) is 54.9 Å². The zero-order valence-electron chi connectivity index (χ0n) is 21.5. The summed E-state index contributed by atoms with van der Waals surface area (Å²) < 4.78 is 23.7. The fraction of sp³-hybridized carbons (Fsp3) is 0.448. The minimum atomic E-state index is -1.26. The van der Waals surface area contributed by atoms with Gasteiger partial charge in [-0.1, -0.05) is 36.4 Å². The van der Waals surface area contributed by atoms with E-state index in [0.29, 0.717) is 42.1 Å². The molecule has 2 aliphatic carbocycles. The Bertz CT molecular complexity index is 1310. The molecule has 0 amide bonds. The molecule has 0 saturated carbocycles. The Balaban J connectivity index is 1.39. The normalized spacial score (nSPS) is 29.4. The van der Waals surface area contributed by atoms with Crippen LogP contribution in [0, 0.1) is 0 Å². The number of carbonyl (C=O) groups is 2. The summed E-state index contributed by atoms with van der Waals surface area (Å²) >= 11 is 0. The number of methoxy groups -OCH3 is 1. The first kappa shape index (κ1) is 24.9. The van der Waals surface area contributed by atoms with E-state index in [1.165, 1.54) is 0 Å². The monoisotopic (exact) mass is 520 g/mol. The summed E-state index contributed by atoms with van der Waals surface area (Å²) in [5.74, 6) is 0.157. The first-order valence-corrected chi connectivity index (χ1v) is 13.0. The van der Waals surface area contributed by atoms with Gasteiger partial charge in [0.1, 0.15) is 5.76 Å². The molecule has 6 rings (SSSR count). The topological polar surface area (TPSA) is 121 Å². The average molecular weight is 521 g/mol. The number of aliphatic hydroxyl groups is 1. The second-order valence-electron chi connectivity index (χ2n) is 10.5. The number of esters is 2. The van der Waals surface area contributed by atoms with E-state index in [-0.39, 0.29) is 19.0 Å². The number of piperidine rings is 1. The standard InChI is InChI=1S/C29H32N2O7/c1-31-15-13-28-23-18-8-9-19(35-2)25(23)38-26(28)20(10-12-29(28,34)21(31)16-18)36-27(33)24(37-22(32)11-14-30)17-6-4-3-5-7-17/h3-10,21,24,26,34H,11-16,30H2,1-2H3/t21-,24+,26-,28-,29+/m0/s1. The summed E-state index contributed by atoms with van der Waals surface area (Å²) in [6.07, 6.45) is 1.34. The van der Waals surface area contributed by atoms with E-state index in [1.807, 2.05) is 25.2 Å². The molecule has 3 N–H and O–H groups in total. The van der Waals surface area contributed by atoms with Gasteiger partial charge in [-0.3, -0.25) is 4.79 Å². The Labute approximate surface area is 221 Å². The molecule has 1 saturated heterocycles. The third-order valence-electron chi connectivity index (χ3n) is 8.69. The molecule has 0 unspecified atom stereocenters. The summed E-state index contributed by atoms with van der Waals surface area (Å²) in [6.45, 7) is 0.864. The molecule has 1 spiro atoms. The van der Waals surface area contributed by atoms with Gasteiger partial charge >= 0.3 is 11.9 Å². The largest absolute Gasteiger partial charge is 0.493 e. The average Bonchev–Trinajstić information content (AvgIpc) is 3.27. The van der Waals surface area contributed by atoms with Gasteiger partial charge in [0.05, 0.1) is 24.5 Å². The fourth-order valence-corrected chi connectivity index (χ4v) is 6.95. The van der Waals surface area contributed by atoms with Gasteiger partial charge in [-0.15, -0.1) is 0 Å². The van der Waals surface area contributed by atoms with Crippen LogP contribution < -0.4 is 15.2 Å². The number of carbonyl (C=O) groups excluding carboxylic acids is 2. The molecule has 2 aromatic rings. The smallest absolute Gasteiger partial charge is 0.357 e. The Morgan fingerprint density at radius 1 is 1.24 bits per heavy atom. The Hall–Kier alpha value is -3.40. The van der Waals surface area contributed by atoms with Crippen LogP contribution in [-0.4, -0.2) is 66.9 Å². The van der Waals surface area contributed by atoms with Crippen LogP contribution in [0.25, 0.3) is 0 Å². The molecule has 5 atom stereocenters. The van der Waals surface area contributed by atoms with Gasteiger partial charge < -0.3 is 34.7 Å². The van der Waals surface area contributed by atoms with E-state index in [4.69, 9.17) is 24.7 Å². The quantitative estimate of drug-likeness (QED) is 0.529. The van der Waals surface area contributed by atoms with Crippen molar-refractivity contribution in [1.29, 1.82) is 0 Å². The minimum absolute atomic E-state index is 0.0199. The molecule has 0 radical (unpaired) electrons. The SMILES string of the molecule is COc1ccc2c3c1O[C@H]1C(OC(=O)[C@H](OC(=O)CCN)c4ccccc4)=CC[C@@]4(O)[C@H](C2)N(C)CC[C@]314. The van der Waals surface area contributed by atoms with Crippen LogP contribution in [-0.2, 0) is 30.9 Å². The lowest BCUT2D eigenvalue weighted by molar-refractivity contribution is -0.176. The number of ether oxygens (including phenoxy) is 4. The Kier molecular flexibility index (Phi) is 5.97. The predicted octanol–water partition coefficient (Wildman–Crippen LogP) is 2.15. The molecule has 2 bridgehead atoms. The summed E-state index contributed by atoms with van der Waals surface area (Å²) in [7, 11) is 3.62. The number of hydrogen-bond acceptors (Lipinski definition) is 9. The molecule has 2 aromatic carbocycles. The van der Waals surface area contributed by atoms with Crippen molar-refractivity contribution in [1.82, 2.24) is 4.90 Å². The van der Waals surface area contributed by atoms with Crippen molar-refractivity contribution in [2.24, 2.45) is 5.73 Å². The van der Waals surface area contributed by atoms with Crippen LogP contribution in [0.3, 0.4) is 0 Å². The van der Waals surface area contributed by atoms with Gasteiger partial charge in [0.2, 0.25) is 6.10 Å². The van der Waals surface area contributed by atoms with Crippen LogP contribution in [0.4, 0.5) is 0 Å². The first-order valence-electron chi connectivity index (χ1n) is 13.0. The van der Waals surface area contributed by atoms with Crippen molar-refractivity contribution in [3.05, 3.63) is 71.0 Å². The van der Waals surface area contributed by atoms with E-state index in [9.17, 15) is 14.7 Å². The van der Waals surface area contributed by atoms with Crippen LogP contribution in [0.15, 0.2) is 54.3 Å². The van der Waals surface area contributed by atoms with Gasteiger partial charge in [-0.2, -0.15) is 0 Å². The third-order valence-corrected chi connectivity index (χ3v) is 8.69. The summed E-state index contributed by atoms with van der Waals surface area (Å²) in [4.78, 5) is 28.1. The van der Waals surface area contributed by atoms with Crippen molar-refractivity contribution in [3.8, 4) is 11.5 Å². The highest BCUT2D eigenvalue weighted by atomic mass is 16.6. The zero-order chi connectivity index (χ0) is 26.7. The summed E-state index contributed by atoms with van der Waals surface area (Å²) in [5, 5.41) is 12.3. The van der Waals surface area contributed by atoms with Crippen molar-refractivity contribution in [3.63, 3.8) is 0 Å². The molecular formula is C29H32N2O7. The van der Waals surface area contributed by atoms with Crippen LogP contribution >= 0.6 is 0 Å². The highest BCUT2D eigenvalue weighted by Gasteiger charge is 2.72. The lowest BCUT2D eigenvalue weighted by atomic mass is 9.50. The predicted molar refractivity (Wildman–Crippen MR) is 137 cm³/mol. The number of benzene rings is 2.